The number of rotatable bonds is 6. The third-order valence-electron chi connectivity index (χ3n) is 3.72. The molecule has 0 amide bonds. The van der Waals surface area contributed by atoms with Crippen LogP contribution in [0.2, 0.25) is 5.02 Å². The van der Waals surface area contributed by atoms with Crippen LogP contribution in [-0.4, -0.2) is 32.6 Å². The van der Waals surface area contributed by atoms with Crippen molar-refractivity contribution in [3.8, 4) is 11.5 Å². The summed E-state index contributed by atoms with van der Waals surface area (Å²) < 4.78 is 20.7. The van der Waals surface area contributed by atoms with E-state index < -0.39 is 12.6 Å². The van der Waals surface area contributed by atoms with E-state index in [9.17, 15) is 9.59 Å². The lowest BCUT2D eigenvalue weighted by atomic mass is 10.1. The van der Waals surface area contributed by atoms with E-state index in [-0.39, 0.29) is 11.5 Å². The lowest BCUT2D eigenvalue weighted by Crippen LogP contribution is -2.14. The number of furan rings is 1. The molecule has 0 aliphatic heterocycles. The molecule has 2 aromatic carbocycles. The second kappa shape index (κ2) is 7.49. The van der Waals surface area contributed by atoms with Crippen molar-refractivity contribution in [2.75, 3.05) is 20.8 Å². The van der Waals surface area contributed by atoms with Gasteiger partial charge in [0.25, 0.3) is 0 Å². The first kappa shape index (κ1) is 17.8. The van der Waals surface area contributed by atoms with Crippen LogP contribution in [0.15, 0.2) is 46.9 Å². The Bertz CT molecular complexity index is 975. The van der Waals surface area contributed by atoms with Crippen LogP contribution in [0, 0.1) is 0 Å². The second-order valence-corrected chi connectivity index (χ2v) is 5.80. The molecule has 0 unspecified atom stereocenters. The van der Waals surface area contributed by atoms with Crippen LogP contribution < -0.4 is 9.47 Å². The molecule has 134 valence electrons. The van der Waals surface area contributed by atoms with Crippen molar-refractivity contribution in [3.05, 3.63) is 58.8 Å². The van der Waals surface area contributed by atoms with Crippen molar-refractivity contribution < 1.29 is 28.2 Å². The van der Waals surface area contributed by atoms with Gasteiger partial charge in [0.2, 0.25) is 5.76 Å². The molecule has 1 heterocycles. The van der Waals surface area contributed by atoms with Gasteiger partial charge in [-0.2, -0.15) is 0 Å². The Balaban J connectivity index is 1.69. The third-order valence-corrected chi connectivity index (χ3v) is 3.95. The summed E-state index contributed by atoms with van der Waals surface area (Å²) in [6.45, 7) is -0.424. The number of benzene rings is 2. The molecule has 1 aromatic heterocycles. The first-order valence-electron chi connectivity index (χ1n) is 7.63. The molecule has 0 saturated heterocycles. The lowest BCUT2D eigenvalue weighted by molar-refractivity contribution is 0.0446. The normalized spacial score (nSPS) is 10.6. The van der Waals surface area contributed by atoms with Crippen molar-refractivity contribution in [2.24, 2.45) is 0 Å². The Morgan fingerprint density at radius 1 is 1.00 bits per heavy atom. The molecule has 26 heavy (non-hydrogen) atoms. The minimum Gasteiger partial charge on any atom is -0.493 e. The smallest absolute Gasteiger partial charge is 0.374 e. The Hall–Kier alpha value is -2.99. The zero-order valence-corrected chi connectivity index (χ0v) is 14.8. The van der Waals surface area contributed by atoms with Crippen molar-refractivity contribution in [3.63, 3.8) is 0 Å². The topological polar surface area (TPSA) is 75.0 Å². The number of hydrogen-bond acceptors (Lipinski definition) is 6. The number of carbonyl (C=O) groups excluding carboxylic acids is 2. The number of esters is 1. The van der Waals surface area contributed by atoms with E-state index >= 15 is 0 Å². The summed E-state index contributed by atoms with van der Waals surface area (Å²) in [6, 6.07) is 11.2. The Kier molecular flexibility index (Phi) is 5.14. The molecule has 0 radical (unpaired) electrons. The number of ketones is 1. The van der Waals surface area contributed by atoms with E-state index in [1.54, 1.807) is 30.3 Å². The van der Waals surface area contributed by atoms with Gasteiger partial charge in [0.1, 0.15) is 5.58 Å². The molecule has 3 aromatic rings. The highest BCUT2D eigenvalue weighted by Gasteiger charge is 2.17. The SMILES string of the molecule is COc1ccc(C(=O)COC(=O)c2cc3cc(Cl)ccc3o2)cc1OC. The number of fused-ring (bicyclic) bond motifs is 1. The van der Waals surface area contributed by atoms with E-state index in [0.29, 0.717) is 33.1 Å². The van der Waals surface area contributed by atoms with Crippen LogP contribution in [0.25, 0.3) is 11.0 Å². The van der Waals surface area contributed by atoms with E-state index in [0.717, 1.165) is 0 Å². The molecular weight excluding hydrogens is 360 g/mol. The lowest BCUT2D eigenvalue weighted by Gasteiger charge is -2.09. The average Bonchev–Trinajstić information content (AvgIpc) is 3.08. The molecule has 0 aliphatic carbocycles. The van der Waals surface area contributed by atoms with E-state index in [1.165, 1.54) is 26.4 Å². The number of methoxy groups -OCH3 is 2. The molecule has 0 fully saturated rings. The van der Waals surface area contributed by atoms with Crippen LogP contribution in [0.3, 0.4) is 0 Å². The van der Waals surface area contributed by atoms with Crippen LogP contribution >= 0.6 is 11.6 Å². The number of ether oxygens (including phenoxy) is 3. The number of halogens is 1. The maximum atomic E-state index is 12.2. The molecule has 0 spiro atoms. The number of hydrogen-bond donors (Lipinski definition) is 0. The van der Waals surface area contributed by atoms with Crippen molar-refractivity contribution in [1.29, 1.82) is 0 Å². The zero-order chi connectivity index (χ0) is 18.7. The summed E-state index contributed by atoms with van der Waals surface area (Å²) in [4.78, 5) is 24.4. The molecule has 3 rings (SSSR count). The molecule has 0 saturated carbocycles. The van der Waals surface area contributed by atoms with Gasteiger partial charge in [-0.3, -0.25) is 4.79 Å². The summed E-state index contributed by atoms with van der Waals surface area (Å²) >= 11 is 5.90. The van der Waals surface area contributed by atoms with E-state index in [1.807, 2.05) is 0 Å². The largest absolute Gasteiger partial charge is 0.493 e. The van der Waals surface area contributed by atoms with Crippen molar-refractivity contribution in [2.45, 2.75) is 0 Å². The van der Waals surface area contributed by atoms with Crippen LogP contribution in [0.1, 0.15) is 20.9 Å². The summed E-state index contributed by atoms with van der Waals surface area (Å²) in [5.74, 6) is -0.187. The van der Waals surface area contributed by atoms with Gasteiger partial charge in [0.15, 0.2) is 23.9 Å². The van der Waals surface area contributed by atoms with Gasteiger partial charge in [-0.25, -0.2) is 4.79 Å². The molecule has 6 nitrogen and oxygen atoms in total. The molecule has 7 heteroatoms. The standard InChI is InChI=1S/C19H15ClO6/c1-23-16-5-3-11(8-17(16)24-2)14(21)10-25-19(22)18-9-12-7-13(20)4-6-15(12)26-18/h3-9H,10H2,1-2H3. The second-order valence-electron chi connectivity index (χ2n) is 5.36. The monoisotopic (exact) mass is 374 g/mol. The maximum Gasteiger partial charge on any atom is 0.374 e. The van der Waals surface area contributed by atoms with Crippen molar-refractivity contribution >= 4 is 34.3 Å². The quantitative estimate of drug-likeness (QED) is 0.476. The summed E-state index contributed by atoms with van der Waals surface area (Å²) in [7, 11) is 2.97. The highest BCUT2D eigenvalue weighted by Crippen LogP contribution is 2.28. The third kappa shape index (κ3) is 3.65. The molecule has 0 aliphatic rings. The number of carbonyl (C=O) groups is 2. The van der Waals surface area contributed by atoms with Gasteiger partial charge in [-0.05, 0) is 42.5 Å². The maximum absolute atomic E-state index is 12.2. The molecule has 0 atom stereocenters. The van der Waals surface area contributed by atoms with E-state index in [2.05, 4.69) is 0 Å². The van der Waals surface area contributed by atoms with Crippen LogP contribution in [0.4, 0.5) is 0 Å². The van der Waals surface area contributed by atoms with Gasteiger partial charge < -0.3 is 18.6 Å². The highest BCUT2D eigenvalue weighted by atomic mass is 35.5. The predicted octanol–water partition coefficient (Wildman–Crippen LogP) is 4.14. The van der Waals surface area contributed by atoms with Gasteiger partial charge in [-0.15, -0.1) is 0 Å². The first-order valence-corrected chi connectivity index (χ1v) is 8.01. The van der Waals surface area contributed by atoms with E-state index in [4.69, 9.17) is 30.2 Å². The fraction of sp³-hybridized carbons (Fsp3) is 0.158. The van der Waals surface area contributed by atoms with Gasteiger partial charge in [0, 0.05) is 16.0 Å². The Labute approximate surface area is 154 Å². The predicted molar refractivity (Wildman–Crippen MR) is 95.4 cm³/mol. The minimum absolute atomic E-state index is 0.00220. The molecular formula is C19H15ClO6. The summed E-state index contributed by atoms with van der Waals surface area (Å²) in [6.07, 6.45) is 0. The Morgan fingerprint density at radius 3 is 2.50 bits per heavy atom. The highest BCUT2D eigenvalue weighted by molar-refractivity contribution is 6.31. The van der Waals surface area contributed by atoms with Gasteiger partial charge in [-0.1, -0.05) is 11.6 Å². The van der Waals surface area contributed by atoms with Gasteiger partial charge in [0.05, 0.1) is 14.2 Å². The zero-order valence-electron chi connectivity index (χ0n) is 14.1. The average molecular weight is 375 g/mol. The fourth-order valence-electron chi connectivity index (χ4n) is 2.41. The minimum atomic E-state index is -0.730. The molecule has 0 N–H and O–H groups in total. The Morgan fingerprint density at radius 2 is 1.77 bits per heavy atom. The first-order chi connectivity index (χ1) is 12.5. The molecule has 0 bridgehead atoms. The van der Waals surface area contributed by atoms with Crippen molar-refractivity contribution in [1.82, 2.24) is 0 Å². The van der Waals surface area contributed by atoms with Crippen LogP contribution in [-0.2, 0) is 4.74 Å². The van der Waals surface area contributed by atoms with Crippen LogP contribution in [0.5, 0.6) is 11.5 Å². The van der Waals surface area contributed by atoms with Gasteiger partial charge >= 0.3 is 5.97 Å². The fourth-order valence-corrected chi connectivity index (χ4v) is 2.59. The summed E-state index contributed by atoms with van der Waals surface area (Å²) in [5, 5.41) is 1.21. The summed E-state index contributed by atoms with van der Waals surface area (Å²) in [5.41, 5.74) is 0.847. The number of Topliss-reactive ketones (excluding diaryl/α,β-unsaturated/α-hetero) is 1.